The van der Waals surface area contributed by atoms with Crippen LogP contribution < -0.4 is 5.32 Å². The number of halogens is 1. The third-order valence-corrected chi connectivity index (χ3v) is 1.75. The highest BCUT2D eigenvalue weighted by Gasteiger charge is 2.01. The van der Waals surface area contributed by atoms with E-state index in [0.29, 0.717) is 18.7 Å². The van der Waals surface area contributed by atoms with Crippen LogP contribution in [0.4, 0.5) is 10.1 Å². The summed E-state index contributed by atoms with van der Waals surface area (Å²) in [4.78, 5) is 10.6. The molecule has 4 heteroatoms. The Morgan fingerprint density at radius 2 is 2.29 bits per heavy atom. The molecule has 0 amide bonds. The molecule has 1 aromatic rings. The van der Waals surface area contributed by atoms with Gasteiger partial charge >= 0.3 is 5.97 Å². The van der Waals surface area contributed by atoms with Crippen molar-refractivity contribution in [2.24, 2.45) is 0 Å². The molecule has 0 unspecified atom stereocenters. The summed E-state index contributed by atoms with van der Waals surface area (Å²) >= 11 is 0. The number of anilines is 1. The average Bonchev–Trinajstić information content (AvgIpc) is 2.19. The highest BCUT2D eigenvalue weighted by Crippen LogP contribution is 2.10. The fourth-order valence-corrected chi connectivity index (χ4v) is 1.06. The van der Waals surface area contributed by atoms with Crippen molar-refractivity contribution in [3.05, 3.63) is 29.8 Å². The maximum Gasteiger partial charge on any atom is 0.335 e. The van der Waals surface area contributed by atoms with Crippen LogP contribution in [0.5, 0.6) is 0 Å². The lowest BCUT2D eigenvalue weighted by Gasteiger charge is -2.05. The molecule has 2 N–H and O–H groups in total. The maximum absolute atomic E-state index is 11.8. The third kappa shape index (κ3) is 3.05. The van der Waals surface area contributed by atoms with Crippen molar-refractivity contribution in [2.45, 2.75) is 6.42 Å². The molecule has 1 aromatic carbocycles. The van der Waals surface area contributed by atoms with Crippen LogP contribution in [0.2, 0.25) is 0 Å². The topological polar surface area (TPSA) is 49.3 Å². The fraction of sp³-hybridized carbons (Fsp3) is 0.300. The van der Waals surface area contributed by atoms with Crippen molar-refractivity contribution in [2.75, 3.05) is 18.5 Å². The third-order valence-electron chi connectivity index (χ3n) is 1.75. The number of rotatable bonds is 5. The van der Waals surface area contributed by atoms with E-state index in [0.717, 1.165) is 0 Å². The Kier molecular flexibility index (Phi) is 3.91. The SMILES string of the molecule is O=C(O)c1cccc(NCCCF)c1. The molecule has 0 aliphatic carbocycles. The molecule has 0 spiro atoms. The first-order chi connectivity index (χ1) is 6.74. The van der Waals surface area contributed by atoms with E-state index in [9.17, 15) is 9.18 Å². The summed E-state index contributed by atoms with van der Waals surface area (Å²) in [5.41, 5.74) is 0.939. The van der Waals surface area contributed by atoms with Gasteiger partial charge in [-0.25, -0.2) is 4.79 Å². The van der Waals surface area contributed by atoms with E-state index >= 15 is 0 Å². The summed E-state index contributed by atoms with van der Waals surface area (Å²) in [5, 5.41) is 11.6. The maximum atomic E-state index is 11.8. The lowest BCUT2D eigenvalue weighted by Crippen LogP contribution is -2.03. The van der Waals surface area contributed by atoms with Gasteiger partial charge < -0.3 is 10.4 Å². The van der Waals surface area contributed by atoms with Gasteiger partial charge in [0.2, 0.25) is 0 Å². The Morgan fingerprint density at radius 3 is 2.93 bits per heavy atom. The summed E-state index contributed by atoms with van der Waals surface area (Å²) in [7, 11) is 0. The zero-order valence-corrected chi connectivity index (χ0v) is 7.66. The van der Waals surface area contributed by atoms with Gasteiger partial charge in [0.05, 0.1) is 12.2 Å². The Hall–Kier alpha value is -1.58. The minimum atomic E-state index is -0.959. The number of alkyl halides is 1. The molecule has 3 nitrogen and oxygen atoms in total. The first-order valence-corrected chi connectivity index (χ1v) is 4.37. The summed E-state index contributed by atoms with van der Waals surface area (Å²) in [6.45, 7) is 0.144. The van der Waals surface area contributed by atoms with Gasteiger partial charge in [0.25, 0.3) is 0 Å². The zero-order valence-electron chi connectivity index (χ0n) is 7.66. The predicted molar refractivity (Wildman–Crippen MR) is 52.5 cm³/mol. The predicted octanol–water partition coefficient (Wildman–Crippen LogP) is 2.16. The summed E-state index contributed by atoms with van der Waals surface area (Å²) < 4.78 is 11.8. The minimum Gasteiger partial charge on any atom is -0.478 e. The Labute approximate surface area is 81.6 Å². The molecule has 0 saturated heterocycles. The van der Waals surface area contributed by atoms with Crippen molar-refractivity contribution >= 4 is 11.7 Å². The number of nitrogens with one attached hydrogen (secondary N) is 1. The summed E-state index contributed by atoms with van der Waals surface area (Å²) in [6, 6.07) is 6.45. The van der Waals surface area contributed by atoms with Gasteiger partial charge in [-0.05, 0) is 24.6 Å². The van der Waals surface area contributed by atoms with Gasteiger partial charge in [-0.15, -0.1) is 0 Å². The molecule has 0 bridgehead atoms. The Balaban J connectivity index is 2.59. The van der Waals surface area contributed by atoms with Crippen LogP contribution in [-0.4, -0.2) is 24.3 Å². The molecule has 14 heavy (non-hydrogen) atoms. The lowest BCUT2D eigenvalue weighted by atomic mass is 10.2. The van der Waals surface area contributed by atoms with Crippen LogP contribution >= 0.6 is 0 Å². The summed E-state index contributed by atoms with van der Waals surface area (Å²) in [5.74, 6) is -0.959. The van der Waals surface area contributed by atoms with E-state index in [1.807, 2.05) is 0 Å². The van der Waals surface area contributed by atoms with E-state index < -0.39 is 5.97 Å². The van der Waals surface area contributed by atoms with E-state index in [4.69, 9.17) is 5.11 Å². The molecule has 1 rings (SSSR count). The quantitative estimate of drug-likeness (QED) is 0.711. The minimum absolute atomic E-state index is 0.232. The number of hydrogen-bond acceptors (Lipinski definition) is 2. The van der Waals surface area contributed by atoms with Crippen molar-refractivity contribution in [3.8, 4) is 0 Å². The van der Waals surface area contributed by atoms with Gasteiger partial charge in [0.1, 0.15) is 0 Å². The van der Waals surface area contributed by atoms with Crippen molar-refractivity contribution < 1.29 is 14.3 Å². The first kappa shape index (κ1) is 10.5. The van der Waals surface area contributed by atoms with Crippen molar-refractivity contribution in [1.29, 1.82) is 0 Å². The second-order valence-corrected chi connectivity index (χ2v) is 2.86. The molecule has 0 aliphatic rings. The molecular formula is C10H12FNO2. The van der Waals surface area contributed by atoms with Crippen molar-refractivity contribution in [3.63, 3.8) is 0 Å². The number of carbonyl (C=O) groups is 1. The smallest absolute Gasteiger partial charge is 0.335 e. The average molecular weight is 197 g/mol. The normalized spacial score (nSPS) is 9.79. The second-order valence-electron chi connectivity index (χ2n) is 2.86. The van der Waals surface area contributed by atoms with Gasteiger partial charge in [-0.1, -0.05) is 6.07 Å². The van der Waals surface area contributed by atoms with E-state index in [-0.39, 0.29) is 12.2 Å². The van der Waals surface area contributed by atoms with Crippen LogP contribution in [0, 0.1) is 0 Å². The molecule has 0 saturated carbocycles. The molecule has 0 atom stereocenters. The standard InChI is InChI=1S/C10H12FNO2/c11-5-2-6-12-9-4-1-3-8(7-9)10(13)14/h1,3-4,7,12H,2,5-6H2,(H,13,14). The van der Waals surface area contributed by atoms with Gasteiger partial charge in [0.15, 0.2) is 0 Å². The van der Waals surface area contributed by atoms with E-state index in [1.165, 1.54) is 12.1 Å². The molecule has 0 heterocycles. The monoisotopic (exact) mass is 197 g/mol. The zero-order chi connectivity index (χ0) is 10.4. The van der Waals surface area contributed by atoms with Crippen LogP contribution in [0.1, 0.15) is 16.8 Å². The lowest BCUT2D eigenvalue weighted by molar-refractivity contribution is 0.0697. The van der Waals surface area contributed by atoms with Crippen LogP contribution in [-0.2, 0) is 0 Å². The van der Waals surface area contributed by atoms with Gasteiger partial charge in [-0.2, -0.15) is 0 Å². The molecule has 0 radical (unpaired) electrons. The van der Waals surface area contributed by atoms with Crippen LogP contribution in [0.3, 0.4) is 0 Å². The van der Waals surface area contributed by atoms with Crippen LogP contribution in [0.15, 0.2) is 24.3 Å². The van der Waals surface area contributed by atoms with Crippen LogP contribution in [0.25, 0.3) is 0 Å². The molecule has 0 aliphatic heterocycles. The second kappa shape index (κ2) is 5.21. The number of hydrogen-bond donors (Lipinski definition) is 2. The molecule has 0 aromatic heterocycles. The highest BCUT2D eigenvalue weighted by atomic mass is 19.1. The first-order valence-electron chi connectivity index (χ1n) is 4.37. The molecule has 76 valence electrons. The number of benzene rings is 1. The van der Waals surface area contributed by atoms with Gasteiger partial charge in [-0.3, -0.25) is 4.39 Å². The highest BCUT2D eigenvalue weighted by molar-refractivity contribution is 5.88. The Bertz CT molecular complexity index is 315. The van der Waals surface area contributed by atoms with E-state index in [2.05, 4.69) is 5.32 Å². The molecular weight excluding hydrogens is 185 g/mol. The number of carboxylic acids is 1. The molecule has 0 fully saturated rings. The Morgan fingerprint density at radius 1 is 1.50 bits per heavy atom. The summed E-state index contributed by atoms with van der Waals surface area (Å²) in [6.07, 6.45) is 0.428. The van der Waals surface area contributed by atoms with Gasteiger partial charge in [0, 0.05) is 12.2 Å². The largest absolute Gasteiger partial charge is 0.478 e. The number of aromatic carboxylic acids is 1. The van der Waals surface area contributed by atoms with E-state index in [1.54, 1.807) is 12.1 Å². The van der Waals surface area contributed by atoms with Crippen molar-refractivity contribution in [1.82, 2.24) is 0 Å². The number of carboxylic acid groups (broad SMARTS) is 1. The fourth-order valence-electron chi connectivity index (χ4n) is 1.06.